The first-order valence-electron chi connectivity index (χ1n) is 6.00. The van der Waals surface area contributed by atoms with Crippen molar-refractivity contribution in [2.24, 2.45) is 5.92 Å². The van der Waals surface area contributed by atoms with E-state index in [0.29, 0.717) is 12.5 Å². The van der Waals surface area contributed by atoms with Crippen molar-refractivity contribution >= 4 is 0 Å². The summed E-state index contributed by atoms with van der Waals surface area (Å²) in [5.41, 5.74) is 0. The van der Waals surface area contributed by atoms with Crippen molar-refractivity contribution in [3.63, 3.8) is 0 Å². The summed E-state index contributed by atoms with van der Waals surface area (Å²) in [6.45, 7) is 4.77. The molecule has 0 spiro atoms. The first-order chi connectivity index (χ1) is 6.70. The fourth-order valence-corrected chi connectivity index (χ4v) is 2.18. The summed E-state index contributed by atoms with van der Waals surface area (Å²) in [7, 11) is 0. The van der Waals surface area contributed by atoms with Gasteiger partial charge in [-0.15, -0.1) is 0 Å². The van der Waals surface area contributed by atoms with E-state index in [1.165, 1.54) is 32.1 Å². The van der Waals surface area contributed by atoms with Gasteiger partial charge in [-0.3, -0.25) is 0 Å². The zero-order chi connectivity index (χ0) is 10.4. The van der Waals surface area contributed by atoms with Crippen LogP contribution < -0.4 is 0 Å². The molecule has 1 aliphatic carbocycles. The van der Waals surface area contributed by atoms with Crippen molar-refractivity contribution in [2.75, 3.05) is 6.61 Å². The predicted molar refractivity (Wildman–Crippen MR) is 58.3 cm³/mol. The Morgan fingerprint density at radius 3 is 2.43 bits per heavy atom. The van der Waals surface area contributed by atoms with E-state index in [1.807, 2.05) is 13.8 Å². The number of ether oxygens (including phenoxy) is 1. The molecule has 0 saturated heterocycles. The van der Waals surface area contributed by atoms with E-state index in [0.717, 1.165) is 6.42 Å². The second-order valence-corrected chi connectivity index (χ2v) is 4.67. The molecule has 1 unspecified atom stereocenters. The van der Waals surface area contributed by atoms with Crippen LogP contribution in [0.2, 0.25) is 0 Å². The lowest BCUT2D eigenvalue weighted by Crippen LogP contribution is -2.24. The van der Waals surface area contributed by atoms with Gasteiger partial charge < -0.3 is 9.84 Å². The molecule has 0 aliphatic heterocycles. The van der Waals surface area contributed by atoms with Crippen LogP contribution in [0.25, 0.3) is 0 Å². The molecule has 14 heavy (non-hydrogen) atoms. The molecule has 0 heterocycles. The zero-order valence-electron chi connectivity index (χ0n) is 9.54. The van der Waals surface area contributed by atoms with Gasteiger partial charge in [0.1, 0.15) is 0 Å². The molecule has 2 heteroatoms. The minimum atomic E-state index is -0.131. The van der Waals surface area contributed by atoms with E-state index in [9.17, 15) is 5.11 Å². The summed E-state index contributed by atoms with van der Waals surface area (Å²) < 4.78 is 5.44. The van der Waals surface area contributed by atoms with Crippen LogP contribution in [0.4, 0.5) is 0 Å². The Bertz CT molecular complexity index is 139. The molecule has 0 radical (unpaired) electrons. The second kappa shape index (κ2) is 6.41. The third-order valence-electron chi connectivity index (χ3n) is 3.06. The molecule has 0 aromatic carbocycles. The highest BCUT2D eigenvalue weighted by atomic mass is 16.5. The lowest BCUT2D eigenvalue weighted by atomic mass is 9.84. The summed E-state index contributed by atoms with van der Waals surface area (Å²) in [4.78, 5) is 0. The minimum Gasteiger partial charge on any atom is -0.393 e. The van der Waals surface area contributed by atoms with Crippen LogP contribution >= 0.6 is 0 Å². The Labute approximate surface area is 87.7 Å². The summed E-state index contributed by atoms with van der Waals surface area (Å²) in [5.74, 6) is 0.541. The molecular formula is C12H24O2. The van der Waals surface area contributed by atoms with Crippen LogP contribution in [0.3, 0.4) is 0 Å². The highest BCUT2D eigenvalue weighted by molar-refractivity contribution is 4.72. The Morgan fingerprint density at radius 2 is 1.86 bits per heavy atom. The van der Waals surface area contributed by atoms with Crippen molar-refractivity contribution in [2.45, 2.75) is 64.6 Å². The number of hydrogen-bond donors (Lipinski definition) is 1. The Morgan fingerprint density at radius 1 is 1.21 bits per heavy atom. The van der Waals surface area contributed by atoms with Crippen molar-refractivity contribution in [1.82, 2.24) is 0 Å². The van der Waals surface area contributed by atoms with Gasteiger partial charge in [-0.25, -0.2) is 0 Å². The monoisotopic (exact) mass is 200 g/mol. The van der Waals surface area contributed by atoms with Crippen LogP contribution in [0.15, 0.2) is 0 Å². The highest BCUT2D eigenvalue weighted by Gasteiger charge is 2.21. The Kier molecular flexibility index (Phi) is 5.49. The van der Waals surface area contributed by atoms with Crippen LogP contribution in [0.1, 0.15) is 52.4 Å². The molecule has 1 N–H and O–H groups in total. The fourth-order valence-electron chi connectivity index (χ4n) is 2.18. The van der Waals surface area contributed by atoms with Gasteiger partial charge in [-0.2, -0.15) is 0 Å². The van der Waals surface area contributed by atoms with Gasteiger partial charge in [0, 0.05) is 6.61 Å². The van der Waals surface area contributed by atoms with Crippen molar-refractivity contribution in [3.05, 3.63) is 0 Å². The first-order valence-corrected chi connectivity index (χ1v) is 6.00. The van der Waals surface area contributed by atoms with Gasteiger partial charge >= 0.3 is 0 Å². The minimum absolute atomic E-state index is 0.131. The molecule has 0 bridgehead atoms. The van der Waals surface area contributed by atoms with E-state index in [1.54, 1.807) is 0 Å². The first kappa shape index (κ1) is 12.0. The van der Waals surface area contributed by atoms with Crippen LogP contribution in [-0.4, -0.2) is 23.9 Å². The van der Waals surface area contributed by atoms with E-state index >= 15 is 0 Å². The number of rotatable bonds is 5. The third kappa shape index (κ3) is 4.43. The van der Waals surface area contributed by atoms with Gasteiger partial charge in [0.25, 0.3) is 0 Å². The van der Waals surface area contributed by atoms with E-state index in [-0.39, 0.29) is 12.2 Å². The summed E-state index contributed by atoms with van der Waals surface area (Å²) in [6, 6.07) is 0. The molecule has 2 nitrogen and oxygen atoms in total. The quantitative estimate of drug-likeness (QED) is 0.739. The lowest BCUT2D eigenvalue weighted by molar-refractivity contribution is 0.0195. The molecule has 1 atom stereocenters. The fraction of sp³-hybridized carbons (Fsp3) is 1.00. The molecule has 1 saturated carbocycles. The van der Waals surface area contributed by atoms with Crippen molar-refractivity contribution < 1.29 is 9.84 Å². The zero-order valence-corrected chi connectivity index (χ0v) is 9.54. The van der Waals surface area contributed by atoms with Gasteiger partial charge in [0.05, 0.1) is 12.2 Å². The SMILES string of the molecule is CC(C)OCCC(O)C1CCCCC1. The van der Waals surface area contributed by atoms with Gasteiger partial charge in [0.15, 0.2) is 0 Å². The number of aliphatic hydroxyl groups excluding tert-OH is 1. The molecule has 1 fully saturated rings. The van der Waals surface area contributed by atoms with E-state index in [4.69, 9.17) is 4.74 Å². The van der Waals surface area contributed by atoms with E-state index < -0.39 is 0 Å². The average Bonchev–Trinajstić information content (AvgIpc) is 2.18. The van der Waals surface area contributed by atoms with Crippen LogP contribution in [0, 0.1) is 5.92 Å². The molecule has 0 aromatic rings. The predicted octanol–water partition coefficient (Wildman–Crippen LogP) is 2.74. The van der Waals surface area contributed by atoms with E-state index in [2.05, 4.69) is 0 Å². The van der Waals surface area contributed by atoms with Gasteiger partial charge in [-0.05, 0) is 39.0 Å². The highest BCUT2D eigenvalue weighted by Crippen LogP contribution is 2.27. The molecule has 0 amide bonds. The lowest BCUT2D eigenvalue weighted by Gasteiger charge is -2.26. The second-order valence-electron chi connectivity index (χ2n) is 4.67. The van der Waals surface area contributed by atoms with Crippen LogP contribution in [0.5, 0.6) is 0 Å². The largest absolute Gasteiger partial charge is 0.393 e. The molecule has 1 rings (SSSR count). The maximum Gasteiger partial charge on any atom is 0.0590 e. The summed E-state index contributed by atoms with van der Waals surface area (Å²) in [5, 5.41) is 9.91. The molecule has 84 valence electrons. The smallest absolute Gasteiger partial charge is 0.0590 e. The van der Waals surface area contributed by atoms with Crippen LogP contribution in [-0.2, 0) is 4.74 Å². The summed E-state index contributed by atoms with van der Waals surface area (Å²) in [6.07, 6.45) is 7.34. The summed E-state index contributed by atoms with van der Waals surface area (Å²) >= 11 is 0. The molecule has 1 aliphatic rings. The normalized spacial score (nSPS) is 21.4. The average molecular weight is 200 g/mol. The topological polar surface area (TPSA) is 29.5 Å². The maximum absolute atomic E-state index is 9.91. The molecular weight excluding hydrogens is 176 g/mol. The molecule has 0 aromatic heterocycles. The van der Waals surface area contributed by atoms with Crippen molar-refractivity contribution in [3.8, 4) is 0 Å². The van der Waals surface area contributed by atoms with Crippen molar-refractivity contribution in [1.29, 1.82) is 0 Å². The number of aliphatic hydroxyl groups is 1. The van der Waals surface area contributed by atoms with Gasteiger partial charge in [0.2, 0.25) is 0 Å². The Balaban J connectivity index is 2.10. The maximum atomic E-state index is 9.91. The van der Waals surface area contributed by atoms with Gasteiger partial charge in [-0.1, -0.05) is 19.3 Å². The Hall–Kier alpha value is -0.0800. The number of hydrogen-bond acceptors (Lipinski definition) is 2. The third-order valence-corrected chi connectivity index (χ3v) is 3.06. The standard InChI is InChI=1S/C12H24O2/c1-10(2)14-9-8-12(13)11-6-4-3-5-7-11/h10-13H,3-9H2,1-2H3.